The number of amides is 1. The van der Waals surface area contributed by atoms with Crippen molar-refractivity contribution in [3.63, 3.8) is 0 Å². The van der Waals surface area contributed by atoms with Crippen LogP contribution in [0.25, 0.3) is 0 Å². The number of piperidine rings is 1. The lowest BCUT2D eigenvalue weighted by Crippen LogP contribution is -2.50. The Labute approximate surface area is 127 Å². The van der Waals surface area contributed by atoms with Crippen LogP contribution < -0.4 is 10.6 Å². The molecule has 2 saturated heterocycles. The van der Waals surface area contributed by atoms with E-state index in [9.17, 15) is 4.79 Å². The van der Waals surface area contributed by atoms with Crippen LogP contribution in [0.4, 0.5) is 0 Å². The van der Waals surface area contributed by atoms with Crippen molar-refractivity contribution in [1.82, 2.24) is 15.5 Å². The van der Waals surface area contributed by atoms with Crippen LogP contribution >= 0.6 is 24.8 Å². The van der Waals surface area contributed by atoms with E-state index < -0.39 is 0 Å². The molecule has 0 radical (unpaired) electrons. The quantitative estimate of drug-likeness (QED) is 0.826. The second-order valence-electron chi connectivity index (χ2n) is 5.72. The molecule has 0 aromatic carbocycles. The molecule has 2 unspecified atom stereocenters. The Balaban J connectivity index is 0.000000902. The molecule has 2 atom stereocenters. The lowest BCUT2D eigenvalue weighted by molar-refractivity contribution is -0.124. The summed E-state index contributed by atoms with van der Waals surface area (Å²) in [4.78, 5) is 14.6. The molecular weight excluding hydrogens is 285 g/mol. The molecule has 19 heavy (non-hydrogen) atoms. The van der Waals surface area contributed by atoms with Gasteiger partial charge in [0.2, 0.25) is 5.91 Å². The molecule has 2 aliphatic heterocycles. The maximum absolute atomic E-state index is 12.1. The summed E-state index contributed by atoms with van der Waals surface area (Å²) < 4.78 is 0. The number of rotatable bonds is 3. The highest BCUT2D eigenvalue weighted by Crippen LogP contribution is 2.29. The van der Waals surface area contributed by atoms with Crippen molar-refractivity contribution < 1.29 is 4.79 Å². The van der Waals surface area contributed by atoms with Crippen LogP contribution in [0, 0.1) is 0 Å². The number of nitrogens with zero attached hydrogens (tertiary/aromatic N) is 1. The molecular formula is C13H25Cl2N3O. The first-order valence-corrected chi connectivity index (χ1v) is 7.11. The first-order chi connectivity index (χ1) is 8.33. The molecule has 2 N–H and O–H groups in total. The van der Waals surface area contributed by atoms with Gasteiger partial charge in [-0.05, 0) is 38.6 Å². The monoisotopic (exact) mass is 309 g/mol. The van der Waals surface area contributed by atoms with Gasteiger partial charge in [0.05, 0.1) is 6.04 Å². The molecule has 112 valence electrons. The van der Waals surface area contributed by atoms with E-state index in [0.717, 1.165) is 32.0 Å². The number of nitrogens with one attached hydrogen (secondary N) is 2. The third-order valence-electron chi connectivity index (χ3n) is 4.26. The first kappa shape index (κ1) is 17.0. The van der Waals surface area contributed by atoms with E-state index >= 15 is 0 Å². The van der Waals surface area contributed by atoms with Crippen molar-refractivity contribution in [2.45, 2.75) is 56.7 Å². The van der Waals surface area contributed by atoms with Gasteiger partial charge in [0.25, 0.3) is 0 Å². The highest BCUT2D eigenvalue weighted by Gasteiger charge is 2.35. The molecule has 3 aliphatic rings. The number of hydrogen-bond acceptors (Lipinski definition) is 3. The van der Waals surface area contributed by atoms with E-state index in [4.69, 9.17) is 0 Å². The van der Waals surface area contributed by atoms with Gasteiger partial charge >= 0.3 is 0 Å². The van der Waals surface area contributed by atoms with Gasteiger partial charge in [0.15, 0.2) is 0 Å². The molecule has 0 bridgehead atoms. The van der Waals surface area contributed by atoms with Crippen molar-refractivity contribution in [1.29, 1.82) is 0 Å². The molecule has 1 aliphatic carbocycles. The lowest BCUT2D eigenvalue weighted by atomic mass is 10.0. The lowest BCUT2D eigenvalue weighted by Gasteiger charge is -2.24. The zero-order valence-corrected chi connectivity index (χ0v) is 12.9. The molecule has 0 spiro atoms. The van der Waals surface area contributed by atoms with Crippen molar-refractivity contribution in [2.75, 3.05) is 19.6 Å². The standard InChI is InChI=1S/C13H23N3O.2ClH/c17-13(12-3-1-2-7-14-12)15-10-6-8-16(9-10)11-4-5-11;;/h10-12,14H,1-9H2,(H,15,17);2*1H. The second kappa shape index (κ2) is 7.67. The molecule has 0 aromatic heterocycles. The smallest absolute Gasteiger partial charge is 0.237 e. The van der Waals surface area contributed by atoms with Crippen LogP contribution in [0.15, 0.2) is 0 Å². The molecule has 2 heterocycles. The summed E-state index contributed by atoms with van der Waals surface area (Å²) in [6.45, 7) is 3.24. The Morgan fingerprint density at radius 3 is 2.53 bits per heavy atom. The number of carbonyl (C=O) groups excluding carboxylic acids is 1. The molecule has 1 amide bonds. The fourth-order valence-corrected chi connectivity index (χ4v) is 3.05. The van der Waals surface area contributed by atoms with Crippen LogP contribution in [-0.2, 0) is 4.79 Å². The van der Waals surface area contributed by atoms with Crippen molar-refractivity contribution in [3.8, 4) is 0 Å². The largest absolute Gasteiger partial charge is 0.351 e. The normalized spacial score (nSPS) is 31.2. The minimum atomic E-state index is 0. The number of halogens is 2. The summed E-state index contributed by atoms with van der Waals surface area (Å²) >= 11 is 0. The molecule has 4 nitrogen and oxygen atoms in total. The number of hydrogen-bond donors (Lipinski definition) is 2. The van der Waals surface area contributed by atoms with Gasteiger partial charge in [0, 0.05) is 25.2 Å². The van der Waals surface area contributed by atoms with Crippen LogP contribution in [0.3, 0.4) is 0 Å². The molecule has 6 heteroatoms. The Morgan fingerprint density at radius 2 is 1.89 bits per heavy atom. The van der Waals surface area contributed by atoms with E-state index in [0.29, 0.717) is 6.04 Å². The summed E-state index contributed by atoms with van der Waals surface area (Å²) in [5.74, 6) is 0.229. The number of carbonyl (C=O) groups is 1. The fourth-order valence-electron chi connectivity index (χ4n) is 3.05. The predicted octanol–water partition coefficient (Wildman–Crippen LogP) is 1.32. The van der Waals surface area contributed by atoms with Gasteiger partial charge in [-0.2, -0.15) is 0 Å². The average molecular weight is 310 g/mol. The van der Waals surface area contributed by atoms with Gasteiger partial charge in [-0.1, -0.05) is 6.42 Å². The van der Waals surface area contributed by atoms with Crippen LogP contribution in [-0.4, -0.2) is 48.6 Å². The zero-order valence-electron chi connectivity index (χ0n) is 11.3. The van der Waals surface area contributed by atoms with E-state index in [1.165, 1.54) is 32.2 Å². The second-order valence-corrected chi connectivity index (χ2v) is 5.72. The maximum atomic E-state index is 12.1. The molecule has 3 rings (SSSR count). The topological polar surface area (TPSA) is 44.4 Å². The van der Waals surface area contributed by atoms with Gasteiger partial charge in [0.1, 0.15) is 0 Å². The van der Waals surface area contributed by atoms with Crippen molar-refractivity contribution in [3.05, 3.63) is 0 Å². The Morgan fingerprint density at radius 1 is 1.11 bits per heavy atom. The van der Waals surface area contributed by atoms with E-state index in [1.807, 2.05) is 0 Å². The summed E-state index contributed by atoms with van der Waals surface area (Å²) in [6, 6.07) is 1.30. The summed E-state index contributed by atoms with van der Waals surface area (Å²) in [5, 5.41) is 6.53. The third kappa shape index (κ3) is 4.48. The SMILES string of the molecule is Cl.Cl.O=C(NC1CCN(C2CC2)C1)C1CCCCN1. The summed E-state index contributed by atoms with van der Waals surface area (Å²) in [7, 11) is 0. The van der Waals surface area contributed by atoms with E-state index in [-0.39, 0.29) is 36.8 Å². The third-order valence-corrected chi connectivity index (χ3v) is 4.26. The van der Waals surface area contributed by atoms with Crippen LogP contribution in [0.5, 0.6) is 0 Å². The van der Waals surface area contributed by atoms with E-state index in [1.54, 1.807) is 0 Å². The fraction of sp³-hybridized carbons (Fsp3) is 0.923. The summed E-state index contributed by atoms with van der Waals surface area (Å²) in [5.41, 5.74) is 0. The van der Waals surface area contributed by atoms with E-state index in [2.05, 4.69) is 15.5 Å². The zero-order chi connectivity index (χ0) is 11.7. The van der Waals surface area contributed by atoms with Crippen LogP contribution in [0.1, 0.15) is 38.5 Å². The van der Waals surface area contributed by atoms with Gasteiger partial charge in [-0.25, -0.2) is 0 Å². The number of likely N-dealkylation sites (tertiary alicyclic amines) is 1. The molecule has 0 aromatic rings. The Bertz CT molecular complexity index is 294. The van der Waals surface area contributed by atoms with Crippen LogP contribution in [0.2, 0.25) is 0 Å². The summed E-state index contributed by atoms with van der Waals surface area (Å²) in [6.07, 6.45) is 7.27. The van der Waals surface area contributed by atoms with Crippen molar-refractivity contribution >= 4 is 30.7 Å². The highest BCUT2D eigenvalue weighted by molar-refractivity contribution is 5.85. The first-order valence-electron chi connectivity index (χ1n) is 7.11. The highest BCUT2D eigenvalue weighted by atomic mass is 35.5. The van der Waals surface area contributed by atoms with Gasteiger partial charge in [-0.3, -0.25) is 9.69 Å². The Hall–Kier alpha value is -0.0300. The molecule has 1 saturated carbocycles. The van der Waals surface area contributed by atoms with Crippen molar-refractivity contribution in [2.24, 2.45) is 0 Å². The minimum Gasteiger partial charge on any atom is -0.351 e. The Kier molecular flexibility index (Phi) is 6.87. The average Bonchev–Trinajstić information content (AvgIpc) is 3.12. The predicted molar refractivity (Wildman–Crippen MR) is 81.3 cm³/mol. The molecule has 3 fully saturated rings. The van der Waals surface area contributed by atoms with Gasteiger partial charge in [-0.15, -0.1) is 24.8 Å². The minimum absolute atomic E-state index is 0. The van der Waals surface area contributed by atoms with Gasteiger partial charge < -0.3 is 10.6 Å². The maximum Gasteiger partial charge on any atom is 0.237 e.